The molecule has 0 bridgehead atoms. The van der Waals surface area contributed by atoms with E-state index in [4.69, 9.17) is 0 Å². The van der Waals surface area contributed by atoms with Crippen LogP contribution in [0.25, 0.3) is 0 Å². The molecule has 20 heavy (non-hydrogen) atoms. The molecule has 1 aliphatic heterocycles. The number of piperidine rings is 1. The van der Waals surface area contributed by atoms with Crippen LogP contribution in [0.2, 0.25) is 0 Å². The van der Waals surface area contributed by atoms with Crippen LogP contribution >= 0.6 is 0 Å². The second-order valence-electron chi connectivity index (χ2n) is 5.71. The van der Waals surface area contributed by atoms with Crippen LogP contribution in [0.3, 0.4) is 0 Å². The first-order chi connectivity index (χ1) is 9.70. The van der Waals surface area contributed by atoms with Crippen molar-refractivity contribution in [2.75, 3.05) is 25.0 Å². The highest BCUT2D eigenvalue weighted by atomic mass is 16.2. The fourth-order valence-corrected chi connectivity index (χ4v) is 2.73. The van der Waals surface area contributed by atoms with Gasteiger partial charge in [0.05, 0.1) is 0 Å². The Bertz CT molecular complexity index is 421. The quantitative estimate of drug-likeness (QED) is 0.821. The molecular weight excluding hydrogens is 248 g/mol. The van der Waals surface area contributed by atoms with E-state index in [-0.39, 0.29) is 5.91 Å². The third-order valence-corrected chi connectivity index (χ3v) is 3.97. The molecule has 1 aromatic carbocycles. The number of anilines is 1. The Morgan fingerprint density at radius 3 is 2.40 bits per heavy atom. The van der Waals surface area contributed by atoms with E-state index in [1.54, 1.807) is 0 Å². The fourth-order valence-electron chi connectivity index (χ4n) is 2.73. The van der Waals surface area contributed by atoms with Gasteiger partial charge in [0, 0.05) is 38.8 Å². The Kier molecular flexibility index (Phi) is 5.45. The maximum atomic E-state index is 11.8. The topological polar surface area (TPSA) is 23.6 Å². The highest BCUT2D eigenvalue weighted by Crippen LogP contribution is 2.20. The summed E-state index contributed by atoms with van der Waals surface area (Å²) >= 11 is 0. The number of amides is 1. The highest BCUT2D eigenvalue weighted by Gasteiger charge is 2.11. The van der Waals surface area contributed by atoms with Crippen LogP contribution in [0.15, 0.2) is 24.3 Å². The molecule has 0 N–H and O–H groups in total. The SMILES string of the molecule is CCCC(=O)N(C)Cc1ccc(N2CCCCC2)cc1. The summed E-state index contributed by atoms with van der Waals surface area (Å²) in [5.41, 5.74) is 2.52. The summed E-state index contributed by atoms with van der Waals surface area (Å²) in [5.74, 6) is 0.229. The first-order valence-corrected chi connectivity index (χ1v) is 7.78. The molecule has 0 spiro atoms. The molecule has 1 amide bonds. The molecule has 1 aliphatic rings. The highest BCUT2D eigenvalue weighted by molar-refractivity contribution is 5.75. The predicted octanol–water partition coefficient (Wildman–Crippen LogP) is 3.44. The summed E-state index contributed by atoms with van der Waals surface area (Å²) in [4.78, 5) is 16.1. The van der Waals surface area contributed by atoms with Gasteiger partial charge >= 0.3 is 0 Å². The molecule has 0 aliphatic carbocycles. The molecule has 0 radical (unpaired) electrons. The van der Waals surface area contributed by atoms with Crippen LogP contribution < -0.4 is 4.90 Å². The summed E-state index contributed by atoms with van der Waals surface area (Å²) in [7, 11) is 1.89. The molecule has 0 aromatic heterocycles. The molecule has 1 heterocycles. The molecule has 1 aromatic rings. The largest absolute Gasteiger partial charge is 0.372 e. The van der Waals surface area contributed by atoms with Crippen molar-refractivity contribution >= 4 is 11.6 Å². The summed E-state index contributed by atoms with van der Waals surface area (Å²) in [5, 5.41) is 0. The van der Waals surface area contributed by atoms with E-state index in [0.717, 1.165) is 6.42 Å². The molecule has 0 unspecified atom stereocenters. The van der Waals surface area contributed by atoms with Crippen molar-refractivity contribution in [3.63, 3.8) is 0 Å². The first-order valence-electron chi connectivity index (χ1n) is 7.78. The van der Waals surface area contributed by atoms with Gasteiger partial charge in [0.15, 0.2) is 0 Å². The van der Waals surface area contributed by atoms with E-state index in [2.05, 4.69) is 29.2 Å². The van der Waals surface area contributed by atoms with Crippen LogP contribution in [0.4, 0.5) is 5.69 Å². The summed E-state index contributed by atoms with van der Waals surface area (Å²) in [6.07, 6.45) is 5.52. The van der Waals surface area contributed by atoms with Gasteiger partial charge in [0.2, 0.25) is 5.91 Å². The lowest BCUT2D eigenvalue weighted by Crippen LogP contribution is -2.29. The summed E-state index contributed by atoms with van der Waals surface area (Å²) in [6, 6.07) is 8.69. The zero-order valence-corrected chi connectivity index (χ0v) is 12.8. The molecule has 2 rings (SSSR count). The van der Waals surface area contributed by atoms with Gasteiger partial charge < -0.3 is 9.80 Å². The van der Waals surface area contributed by atoms with Crippen molar-refractivity contribution in [3.05, 3.63) is 29.8 Å². The number of rotatable bonds is 5. The smallest absolute Gasteiger partial charge is 0.222 e. The lowest BCUT2D eigenvalue weighted by molar-refractivity contribution is -0.130. The van der Waals surface area contributed by atoms with Gasteiger partial charge in [-0.15, -0.1) is 0 Å². The van der Waals surface area contributed by atoms with Crippen LogP contribution in [0, 0.1) is 0 Å². The number of nitrogens with zero attached hydrogens (tertiary/aromatic N) is 2. The number of benzene rings is 1. The Balaban J connectivity index is 1.92. The van der Waals surface area contributed by atoms with E-state index in [0.29, 0.717) is 13.0 Å². The molecule has 0 atom stereocenters. The van der Waals surface area contributed by atoms with Gasteiger partial charge in [-0.2, -0.15) is 0 Å². The van der Waals surface area contributed by atoms with Gasteiger partial charge in [-0.05, 0) is 43.4 Å². The molecule has 1 saturated heterocycles. The van der Waals surface area contributed by atoms with E-state index >= 15 is 0 Å². The summed E-state index contributed by atoms with van der Waals surface area (Å²) in [6.45, 7) is 5.10. The van der Waals surface area contributed by atoms with Crippen LogP contribution in [0.5, 0.6) is 0 Å². The zero-order chi connectivity index (χ0) is 14.4. The average Bonchev–Trinajstić information content (AvgIpc) is 2.49. The Morgan fingerprint density at radius 2 is 1.80 bits per heavy atom. The molecular formula is C17H26N2O. The van der Waals surface area contributed by atoms with Gasteiger partial charge in [0.25, 0.3) is 0 Å². The van der Waals surface area contributed by atoms with Crippen LogP contribution in [0.1, 0.15) is 44.6 Å². The van der Waals surface area contributed by atoms with Gasteiger partial charge in [-0.25, -0.2) is 0 Å². The average molecular weight is 274 g/mol. The number of carbonyl (C=O) groups excluding carboxylic acids is 1. The van der Waals surface area contributed by atoms with Crippen molar-refractivity contribution in [1.82, 2.24) is 4.90 Å². The molecule has 3 heteroatoms. The maximum absolute atomic E-state index is 11.8. The fraction of sp³-hybridized carbons (Fsp3) is 0.588. The Labute approximate surface area is 122 Å². The van der Waals surface area contributed by atoms with Crippen LogP contribution in [-0.2, 0) is 11.3 Å². The van der Waals surface area contributed by atoms with Gasteiger partial charge in [-0.3, -0.25) is 4.79 Å². The van der Waals surface area contributed by atoms with E-state index < -0.39 is 0 Å². The van der Waals surface area contributed by atoms with Crippen molar-refractivity contribution in [2.45, 2.75) is 45.6 Å². The van der Waals surface area contributed by atoms with E-state index in [1.807, 2.05) is 18.9 Å². The van der Waals surface area contributed by atoms with Crippen molar-refractivity contribution < 1.29 is 4.79 Å². The first kappa shape index (κ1) is 14.9. The molecule has 110 valence electrons. The standard InChI is InChI=1S/C17H26N2O/c1-3-7-17(20)18(2)14-15-8-10-16(11-9-15)19-12-5-4-6-13-19/h8-11H,3-7,12-14H2,1-2H3. The number of hydrogen-bond acceptors (Lipinski definition) is 2. The van der Waals surface area contributed by atoms with Crippen molar-refractivity contribution in [2.24, 2.45) is 0 Å². The minimum Gasteiger partial charge on any atom is -0.372 e. The second kappa shape index (κ2) is 7.32. The Hall–Kier alpha value is -1.51. The molecule has 3 nitrogen and oxygen atoms in total. The molecule has 0 saturated carbocycles. The normalized spacial score (nSPS) is 15.2. The van der Waals surface area contributed by atoms with Crippen molar-refractivity contribution in [3.8, 4) is 0 Å². The third kappa shape index (κ3) is 3.99. The Morgan fingerprint density at radius 1 is 1.15 bits per heavy atom. The lowest BCUT2D eigenvalue weighted by Gasteiger charge is -2.29. The van der Waals surface area contributed by atoms with Gasteiger partial charge in [0.1, 0.15) is 0 Å². The van der Waals surface area contributed by atoms with Gasteiger partial charge in [-0.1, -0.05) is 19.1 Å². The minimum atomic E-state index is 0.229. The number of carbonyl (C=O) groups is 1. The number of hydrogen-bond donors (Lipinski definition) is 0. The predicted molar refractivity (Wildman–Crippen MR) is 83.9 cm³/mol. The van der Waals surface area contributed by atoms with E-state index in [1.165, 1.54) is 43.6 Å². The summed E-state index contributed by atoms with van der Waals surface area (Å²) < 4.78 is 0. The zero-order valence-electron chi connectivity index (χ0n) is 12.8. The lowest BCUT2D eigenvalue weighted by atomic mass is 10.1. The van der Waals surface area contributed by atoms with Crippen LogP contribution in [-0.4, -0.2) is 30.9 Å². The monoisotopic (exact) mass is 274 g/mol. The molecule has 1 fully saturated rings. The van der Waals surface area contributed by atoms with E-state index in [9.17, 15) is 4.79 Å². The van der Waals surface area contributed by atoms with Crippen molar-refractivity contribution in [1.29, 1.82) is 0 Å². The third-order valence-electron chi connectivity index (χ3n) is 3.97. The minimum absolute atomic E-state index is 0.229. The maximum Gasteiger partial charge on any atom is 0.222 e. The second-order valence-corrected chi connectivity index (χ2v) is 5.71.